The number of aromatic nitrogens is 2. The van der Waals surface area contributed by atoms with Crippen molar-refractivity contribution in [2.45, 2.75) is 32.3 Å². The van der Waals surface area contributed by atoms with Crippen LogP contribution in [0.1, 0.15) is 25.3 Å². The molecule has 0 radical (unpaired) electrons. The van der Waals surface area contributed by atoms with Crippen LogP contribution in [0.2, 0.25) is 0 Å². The highest BCUT2D eigenvalue weighted by Crippen LogP contribution is 2.25. The van der Waals surface area contributed by atoms with Gasteiger partial charge in [0.1, 0.15) is 18.0 Å². The van der Waals surface area contributed by atoms with Crippen LogP contribution in [0, 0.1) is 0 Å². The minimum absolute atomic E-state index is 0.266. The predicted molar refractivity (Wildman–Crippen MR) is 66.7 cm³/mol. The van der Waals surface area contributed by atoms with Crippen LogP contribution in [0.25, 0.3) is 0 Å². The summed E-state index contributed by atoms with van der Waals surface area (Å²) in [4.78, 5) is 10.5. The first kappa shape index (κ1) is 12.1. The van der Waals surface area contributed by atoms with Gasteiger partial charge in [-0.15, -0.1) is 0 Å². The van der Waals surface area contributed by atoms with E-state index in [1.165, 1.54) is 6.33 Å². The van der Waals surface area contributed by atoms with Crippen LogP contribution in [-0.2, 0) is 6.42 Å². The Morgan fingerprint density at radius 2 is 2.41 bits per heavy atom. The molecule has 6 nitrogen and oxygen atoms in total. The van der Waals surface area contributed by atoms with E-state index in [1.54, 1.807) is 0 Å². The van der Waals surface area contributed by atoms with Gasteiger partial charge in [-0.1, -0.05) is 6.92 Å². The molecule has 4 N–H and O–H groups in total. The van der Waals surface area contributed by atoms with Gasteiger partial charge in [0.25, 0.3) is 0 Å². The maximum Gasteiger partial charge on any atom is 0.148 e. The topological polar surface area (TPSA) is 87.3 Å². The number of nitrogen functional groups attached to an aromatic ring is 1. The molecule has 1 aromatic rings. The van der Waals surface area contributed by atoms with Crippen molar-refractivity contribution in [2.24, 2.45) is 5.84 Å². The molecule has 94 valence electrons. The van der Waals surface area contributed by atoms with E-state index < -0.39 is 0 Å². The third-order valence-electron chi connectivity index (χ3n) is 3.11. The lowest BCUT2D eigenvalue weighted by molar-refractivity contribution is 0.154. The second kappa shape index (κ2) is 5.29. The van der Waals surface area contributed by atoms with Gasteiger partial charge < -0.3 is 15.4 Å². The molecule has 1 aromatic heterocycles. The standard InChI is InChI=1S/C11H19N5O/c1-2-9-10(15-12)13-7-14-11(9)16-5-3-4-8(17)6-16/h7-8,17H,2-6,12H2,1H3,(H,13,14,15). The van der Waals surface area contributed by atoms with Gasteiger partial charge in [-0.25, -0.2) is 15.8 Å². The Balaban J connectivity index is 2.30. The van der Waals surface area contributed by atoms with Crippen molar-refractivity contribution in [1.82, 2.24) is 9.97 Å². The number of hydrazine groups is 1. The lowest BCUT2D eigenvalue weighted by Crippen LogP contribution is -2.39. The summed E-state index contributed by atoms with van der Waals surface area (Å²) < 4.78 is 0. The highest BCUT2D eigenvalue weighted by molar-refractivity contribution is 5.58. The molecule has 2 heterocycles. The number of anilines is 2. The Bertz CT molecular complexity index is 384. The summed E-state index contributed by atoms with van der Waals surface area (Å²) in [5.74, 6) is 6.99. The van der Waals surface area contributed by atoms with E-state index in [0.717, 1.165) is 37.2 Å². The molecule has 1 unspecified atom stereocenters. The number of rotatable bonds is 3. The Labute approximate surface area is 101 Å². The van der Waals surface area contributed by atoms with Crippen LogP contribution >= 0.6 is 0 Å². The van der Waals surface area contributed by atoms with Gasteiger partial charge in [-0.05, 0) is 19.3 Å². The number of nitrogens with zero attached hydrogens (tertiary/aromatic N) is 3. The van der Waals surface area contributed by atoms with E-state index in [0.29, 0.717) is 12.4 Å². The summed E-state index contributed by atoms with van der Waals surface area (Å²) in [6.45, 7) is 3.60. The second-order valence-corrected chi connectivity index (χ2v) is 4.26. The van der Waals surface area contributed by atoms with Crippen LogP contribution < -0.4 is 16.2 Å². The van der Waals surface area contributed by atoms with Crippen LogP contribution in [-0.4, -0.2) is 34.3 Å². The highest BCUT2D eigenvalue weighted by Gasteiger charge is 2.22. The van der Waals surface area contributed by atoms with Gasteiger partial charge in [0.15, 0.2) is 0 Å². The SMILES string of the molecule is CCc1c(NN)ncnc1N1CCCC(O)C1. The Morgan fingerprint density at radius 1 is 1.59 bits per heavy atom. The summed E-state index contributed by atoms with van der Waals surface area (Å²) in [7, 11) is 0. The third kappa shape index (κ3) is 2.48. The van der Waals surface area contributed by atoms with Gasteiger partial charge in [-0.2, -0.15) is 0 Å². The van der Waals surface area contributed by atoms with Crippen LogP contribution in [0.4, 0.5) is 11.6 Å². The first-order chi connectivity index (χ1) is 8.26. The summed E-state index contributed by atoms with van der Waals surface area (Å²) in [5.41, 5.74) is 3.60. The van der Waals surface area contributed by atoms with Crippen LogP contribution in [0.3, 0.4) is 0 Å². The molecule has 1 aliphatic heterocycles. The highest BCUT2D eigenvalue weighted by atomic mass is 16.3. The zero-order valence-corrected chi connectivity index (χ0v) is 10.1. The molecular weight excluding hydrogens is 218 g/mol. The summed E-state index contributed by atoms with van der Waals surface area (Å²) in [5, 5.41) is 9.71. The molecule has 0 amide bonds. The average molecular weight is 237 g/mol. The average Bonchev–Trinajstić information content (AvgIpc) is 2.37. The molecule has 1 saturated heterocycles. The Hall–Kier alpha value is -1.40. The largest absolute Gasteiger partial charge is 0.391 e. The van der Waals surface area contributed by atoms with Gasteiger partial charge in [0.2, 0.25) is 0 Å². The normalized spacial score (nSPS) is 20.4. The van der Waals surface area contributed by atoms with Crippen molar-refractivity contribution in [1.29, 1.82) is 0 Å². The molecule has 1 fully saturated rings. The first-order valence-electron chi connectivity index (χ1n) is 5.99. The molecule has 0 aliphatic carbocycles. The summed E-state index contributed by atoms with van der Waals surface area (Å²) in [6, 6.07) is 0. The first-order valence-corrected chi connectivity index (χ1v) is 5.99. The molecular formula is C11H19N5O. The predicted octanol–water partition coefficient (Wildman–Crippen LogP) is 0.286. The third-order valence-corrected chi connectivity index (χ3v) is 3.11. The summed E-state index contributed by atoms with van der Waals surface area (Å²) in [6.07, 6.45) is 3.90. The van der Waals surface area contributed by atoms with E-state index in [1.807, 2.05) is 6.92 Å². The zero-order chi connectivity index (χ0) is 12.3. The lowest BCUT2D eigenvalue weighted by atomic mass is 10.1. The molecule has 1 aliphatic rings. The Kier molecular flexibility index (Phi) is 3.75. The van der Waals surface area contributed by atoms with Crippen molar-refractivity contribution >= 4 is 11.6 Å². The maximum atomic E-state index is 9.71. The van der Waals surface area contributed by atoms with Gasteiger partial charge in [-0.3, -0.25) is 0 Å². The van der Waals surface area contributed by atoms with Gasteiger partial charge in [0.05, 0.1) is 6.10 Å². The van der Waals surface area contributed by atoms with Crippen LogP contribution in [0.15, 0.2) is 6.33 Å². The number of piperidine rings is 1. The minimum atomic E-state index is -0.266. The number of nitrogens with one attached hydrogen (secondary N) is 1. The lowest BCUT2D eigenvalue weighted by Gasteiger charge is -2.32. The van der Waals surface area contributed by atoms with Crippen molar-refractivity contribution in [3.8, 4) is 0 Å². The number of β-amino-alcohol motifs (C(OH)–C–C–N with tert-alkyl or cyclic N) is 1. The molecule has 0 saturated carbocycles. The number of aliphatic hydroxyl groups excluding tert-OH is 1. The number of aliphatic hydroxyl groups is 1. The molecule has 0 bridgehead atoms. The fraction of sp³-hybridized carbons (Fsp3) is 0.636. The van der Waals surface area contributed by atoms with Crippen molar-refractivity contribution in [3.05, 3.63) is 11.9 Å². The Morgan fingerprint density at radius 3 is 3.06 bits per heavy atom. The molecule has 1 atom stereocenters. The minimum Gasteiger partial charge on any atom is -0.391 e. The maximum absolute atomic E-state index is 9.71. The van der Waals surface area contributed by atoms with E-state index in [2.05, 4.69) is 20.3 Å². The fourth-order valence-corrected chi connectivity index (χ4v) is 2.27. The second-order valence-electron chi connectivity index (χ2n) is 4.26. The number of nitrogens with two attached hydrogens (primary N) is 1. The van der Waals surface area contributed by atoms with Gasteiger partial charge >= 0.3 is 0 Å². The summed E-state index contributed by atoms with van der Waals surface area (Å²) >= 11 is 0. The monoisotopic (exact) mass is 237 g/mol. The van der Waals surface area contributed by atoms with Crippen LogP contribution in [0.5, 0.6) is 0 Å². The smallest absolute Gasteiger partial charge is 0.148 e. The number of hydrogen-bond donors (Lipinski definition) is 3. The molecule has 0 spiro atoms. The molecule has 2 rings (SSSR count). The quantitative estimate of drug-likeness (QED) is 0.517. The molecule has 17 heavy (non-hydrogen) atoms. The van der Waals surface area contributed by atoms with Crippen molar-refractivity contribution in [3.63, 3.8) is 0 Å². The molecule has 0 aromatic carbocycles. The number of hydrogen-bond acceptors (Lipinski definition) is 6. The van der Waals surface area contributed by atoms with Gasteiger partial charge in [0, 0.05) is 18.7 Å². The van der Waals surface area contributed by atoms with Crippen molar-refractivity contribution < 1.29 is 5.11 Å². The van der Waals surface area contributed by atoms with Crippen molar-refractivity contribution in [2.75, 3.05) is 23.4 Å². The van der Waals surface area contributed by atoms with E-state index in [-0.39, 0.29) is 6.10 Å². The van der Waals surface area contributed by atoms with E-state index >= 15 is 0 Å². The van der Waals surface area contributed by atoms with E-state index in [9.17, 15) is 5.11 Å². The zero-order valence-electron chi connectivity index (χ0n) is 10.1. The molecule has 6 heteroatoms. The van der Waals surface area contributed by atoms with E-state index in [4.69, 9.17) is 5.84 Å². The fourth-order valence-electron chi connectivity index (χ4n) is 2.27.